The highest BCUT2D eigenvalue weighted by Gasteiger charge is 2.43. The summed E-state index contributed by atoms with van der Waals surface area (Å²) in [4.78, 5) is 16.6. The van der Waals surface area contributed by atoms with Gasteiger partial charge in [-0.1, -0.05) is 24.0 Å². The van der Waals surface area contributed by atoms with Gasteiger partial charge in [0.15, 0.2) is 9.84 Å². The molecular formula is C24H25N3O5S2. The third-order valence-electron chi connectivity index (χ3n) is 6.18. The number of hydrogen-bond acceptors (Lipinski definition) is 8. The van der Waals surface area contributed by atoms with E-state index in [0.29, 0.717) is 18.2 Å². The summed E-state index contributed by atoms with van der Waals surface area (Å²) in [6, 6.07) is 13.5. The van der Waals surface area contributed by atoms with Gasteiger partial charge in [-0.3, -0.25) is 10.0 Å². The van der Waals surface area contributed by atoms with Crippen LogP contribution in [0.4, 0.5) is 0 Å². The quantitative estimate of drug-likeness (QED) is 0.269. The standard InChI is InChI=1S/C24H25N3O5S2/c1-23(22(28)27-29,34(2,30)31)12-11-21-26-19-10-7-17(13-20(19)33-21)4-3-16-5-8-18(9-6-16)24(25)14-32-15-24/h5-10,13,29H,11-12,14-15,25H2,1-2H3,(H,27,28). The lowest BCUT2D eigenvalue weighted by Gasteiger charge is -2.38. The number of rotatable bonds is 6. The monoisotopic (exact) mass is 499 g/mol. The van der Waals surface area contributed by atoms with E-state index in [1.807, 2.05) is 42.5 Å². The van der Waals surface area contributed by atoms with Gasteiger partial charge < -0.3 is 10.5 Å². The Bertz CT molecular complexity index is 1400. The highest BCUT2D eigenvalue weighted by Crippen LogP contribution is 2.29. The predicted molar refractivity (Wildman–Crippen MR) is 130 cm³/mol. The number of benzene rings is 2. The van der Waals surface area contributed by atoms with Crippen LogP contribution in [0.2, 0.25) is 0 Å². The topological polar surface area (TPSA) is 132 Å². The minimum atomic E-state index is -3.75. The Morgan fingerprint density at radius 3 is 2.47 bits per heavy atom. The molecule has 0 radical (unpaired) electrons. The van der Waals surface area contributed by atoms with E-state index in [0.717, 1.165) is 33.2 Å². The molecule has 0 saturated carbocycles. The maximum Gasteiger partial charge on any atom is 0.264 e. The molecule has 1 aromatic heterocycles. The zero-order chi connectivity index (χ0) is 24.6. The summed E-state index contributed by atoms with van der Waals surface area (Å²) in [5, 5.41) is 9.67. The van der Waals surface area contributed by atoms with Crippen LogP contribution in [0.15, 0.2) is 42.5 Å². The fraction of sp³-hybridized carbons (Fsp3) is 0.333. The SMILES string of the molecule is CC(CCc1nc2ccc(C#Cc3ccc(C4(N)COC4)cc3)cc2s1)(C(=O)NO)S(C)(=O)=O. The molecule has 1 aliphatic heterocycles. The van der Waals surface area contributed by atoms with Crippen molar-refractivity contribution in [3.05, 3.63) is 64.2 Å². The van der Waals surface area contributed by atoms with Crippen molar-refractivity contribution in [2.45, 2.75) is 30.1 Å². The number of amides is 1. The molecule has 3 aromatic rings. The van der Waals surface area contributed by atoms with Gasteiger partial charge in [0.25, 0.3) is 5.91 Å². The smallest absolute Gasteiger partial charge is 0.264 e. The number of fused-ring (bicyclic) bond motifs is 1. The van der Waals surface area contributed by atoms with Crippen LogP contribution in [0.25, 0.3) is 10.2 Å². The molecule has 10 heteroatoms. The number of carbonyl (C=O) groups excluding carboxylic acids is 1. The van der Waals surface area contributed by atoms with Crippen molar-refractivity contribution in [3.63, 3.8) is 0 Å². The third kappa shape index (κ3) is 4.71. The van der Waals surface area contributed by atoms with E-state index in [4.69, 9.17) is 15.7 Å². The summed E-state index contributed by atoms with van der Waals surface area (Å²) in [5.41, 5.74) is 10.8. The first kappa shape index (κ1) is 24.3. The molecule has 1 unspecified atom stereocenters. The lowest BCUT2D eigenvalue weighted by Crippen LogP contribution is -2.54. The zero-order valence-corrected chi connectivity index (χ0v) is 20.4. The van der Waals surface area contributed by atoms with Gasteiger partial charge in [-0.15, -0.1) is 11.3 Å². The molecule has 0 spiro atoms. The first-order valence-corrected chi connectivity index (χ1v) is 13.3. The number of aryl methyl sites for hydroxylation is 1. The largest absolute Gasteiger partial charge is 0.377 e. The van der Waals surface area contributed by atoms with E-state index in [1.54, 1.807) is 0 Å². The third-order valence-corrected chi connectivity index (χ3v) is 9.28. The highest BCUT2D eigenvalue weighted by atomic mass is 32.2. The van der Waals surface area contributed by atoms with Gasteiger partial charge in [0.1, 0.15) is 4.75 Å². The van der Waals surface area contributed by atoms with E-state index in [-0.39, 0.29) is 12.8 Å². The van der Waals surface area contributed by atoms with E-state index < -0.39 is 26.0 Å². The van der Waals surface area contributed by atoms with Crippen LogP contribution in [0.5, 0.6) is 0 Å². The molecule has 178 valence electrons. The normalized spacial score (nSPS) is 16.7. The Morgan fingerprint density at radius 1 is 1.24 bits per heavy atom. The zero-order valence-electron chi connectivity index (χ0n) is 18.8. The van der Waals surface area contributed by atoms with Crippen molar-refractivity contribution in [1.29, 1.82) is 0 Å². The molecular weight excluding hydrogens is 474 g/mol. The molecule has 0 bridgehead atoms. The summed E-state index contributed by atoms with van der Waals surface area (Å²) in [6.45, 7) is 2.35. The van der Waals surface area contributed by atoms with Gasteiger partial charge in [0, 0.05) is 23.8 Å². The number of ether oxygens (including phenoxy) is 1. The van der Waals surface area contributed by atoms with Crippen molar-refractivity contribution < 1.29 is 23.2 Å². The Kier molecular flexibility index (Phi) is 6.50. The number of hydroxylamine groups is 1. The summed E-state index contributed by atoms with van der Waals surface area (Å²) in [7, 11) is -3.75. The number of nitrogens with one attached hydrogen (secondary N) is 1. The Balaban J connectivity index is 1.49. The van der Waals surface area contributed by atoms with Crippen molar-refractivity contribution in [1.82, 2.24) is 10.5 Å². The first-order chi connectivity index (χ1) is 16.0. The van der Waals surface area contributed by atoms with Crippen molar-refractivity contribution in [2.75, 3.05) is 19.5 Å². The average Bonchev–Trinajstić information content (AvgIpc) is 3.21. The number of thiazole rings is 1. The number of nitrogens with zero attached hydrogens (tertiary/aromatic N) is 1. The summed E-state index contributed by atoms with van der Waals surface area (Å²) < 4.78 is 28.7. The van der Waals surface area contributed by atoms with Crippen molar-refractivity contribution >= 4 is 37.3 Å². The molecule has 1 amide bonds. The van der Waals surface area contributed by atoms with Gasteiger partial charge in [0.2, 0.25) is 0 Å². The molecule has 1 aliphatic rings. The molecule has 0 aliphatic carbocycles. The predicted octanol–water partition coefficient (Wildman–Crippen LogP) is 2.12. The molecule has 1 saturated heterocycles. The number of hydrogen-bond donors (Lipinski definition) is 3. The second-order valence-corrected chi connectivity index (χ2v) is 12.3. The Labute approximate surface area is 202 Å². The van der Waals surface area contributed by atoms with Crippen LogP contribution in [0, 0.1) is 11.8 Å². The number of sulfone groups is 1. The van der Waals surface area contributed by atoms with Gasteiger partial charge >= 0.3 is 0 Å². The Morgan fingerprint density at radius 2 is 1.88 bits per heavy atom. The van der Waals surface area contributed by atoms with Crippen LogP contribution in [-0.4, -0.2) is 48.7 Å². The molecule has 4 rings (SSSR count). The minimum absolute atomic E-state index is 0.00306. The van der Waals surface area contributed by atoms with E-state index in [1.165, 1.54) is 23.7 Å². The molecule has 2 heterocycles. The second kappa shape index (κ2) is 9.09. The molecule has 2 aromatic carbocycles. The minimum Gasteiger partial charge on any atom is -0.377 e. The molecule has 8 nitrogen and oxygen atoms in total. The number of aromatic nitrogens is 1. The van der Waals surface area contributed by atoms with E-state index in [9.17, 15) is 13.2 Å². The maximum absolute atomic E-state index is 12.2. The summed E-state index contributed by atoms with van der Waals surface area (Å²) >= 11 is 1.42. The second-order valence-electron chi connectivity index (χ2n) is 8.71. The van der Waals surface area contributed by atoms with E-state index >= 15 is 0 Å². The molecule has 1 fully saturated rings. The van der Waals surface area contributed by atoms with Crippen LogP contribution in [0.3, 0.4) is 0 Å². The lowest BCUT2D eigenvalue weighted by molar-refractivity contribution is -0.131. The lowest BCUT2D eigenvalue weighted by atomic mass is 9.89. The van der Waals surface area contributed by atoms with Crippen molar-refractivity contribution in [2.24, 2.45) is 5.73 Å². The van der Waals surface area contributed by atoms with Gasteiger partial charge in [-0.25, -0.2) is 18.9 Å². The van der Waals surface area contributed by atoms with E-state index in [2.05, 4.69) is 16.8 Å². The fourth-order valence-corrected chi connectivity index (χ4v) is 5.47. The van der Waals surface area contributed by atoms with Crippen LogP contribution >= 0.6 is 11.3 Å². The highest BCUT2D eigenvalue weighted by molar-refractivity contribution is 7.92. The molecule has 34 heavy (non-hydrogen) atoms. The van der Waals surface area contributed by atoms with Crippen molar-refractivity contribution in [3.8, 4) is 11.8 Å². The average molecular weight is 500 g/mol. The van der Waals surface area contributed by atoms with Gasteiger partial charge in [-0.05, 0) is 49.2 Å². The number of nitrogens with two attached hydrogens (primary N) is 1. The van der Waals surface area contributed by atoms with Crippen LogP contribution in [0.1, 0.15) is 35.0 Å². The number of carbonyl (C=O) groups is 1. The molecule has 1 atom stereocenters. The van der Waals surface area contributed by atoms with Crippen LogP contribution < -0.4 is 11.2 Å². The first-order valence-electron chi connectivity index (χ1n) is 10.6. The summed E-state index contributed by atoms with van der Waals surface area (Å²) in [6.07, 6.45) is 1.25. The fourth-order valence-electron chi connectivity index (χ4n) is 3.61. The molecule has 4 N–H and O–H groups in total. The maximum atomic E-state index is 12.2. The van der Waals surface area contributed by atoms with Gasteiger partial charge in [-0.2, -0.15) is 0 Å². The van der Waals surface area contributed by atoms with Crippen LogP contribution in [-0.2, 0) is 31.3 Å². The Hall–Kier alpha value is -2.81. The summed E-state index contributed by atoms with van der Waals surface area (Å²) in [5.74, 6) is 5.36. The van der Waals surface area contributed by atoms with Gasteiger partial charge in [0.05, 0.1) is 34.0 Å².